The zero-order valence-electron chi connectivity index (χ0n) is 11.5. The first kappa shape index (κ1) is 13.3. The molecule has 0 radical (unpaired) electrons. The van der Waals surface area contributed by atoms with Gasteiger partial charge in [-0.2, -0.15) is 0 Å². The van der Waals surface area contributed by atoms with Crippen molar-refractivity contribution in [3.05, 3.63) is 23.9 Å². The molecule has 0 bridgehead atoms. The second-order valence-corrected chi connectivity index (χ2v) is 4.93. The molecule has 2 unspecified atom stereocenters. The Morgan fingerprint density at radius 3 is 2.72 bits per heavy atom. The Bertz CT molecular complexity index is 373. The smallest absolute Gasteiger partial charge is 0.129 e. The number of anilines is 1. The Morgan fingerprint density at radius 1 is 1.33 bits per heavy atom. The van der Waals surface area contributed by atoms with Gasteiger partial charge in [-0.1, -0.05) is 13.0 Å². The topological polar surface area (TPSA) is 37.4 Å². The van der Waals surface area contributed by atoms with Gasteiger partial charge >= 0.3 is 0 Å². The second-order valence-electron chi connectivity index (χ2n) is 4.93. The molecule has 1 aliphatic heterocycles. The van der Waals surface area contributed by atoms with E-state index in [0.29, 0.717) is 0 Å². The number of hydrogen-bond acceptors (Lipinski definition) is 4. The lowest BCUT2D eigenvalue weighted by atomic mass is 10.2. The van der Waals surface area contributed by atoms with Gasteiger partial charge in [-0.15, -0.1) is 0 Å². The van der Waals surface area contributed by atoms with Crippen LogP contribution in [0.5, 0.6) is 0 Å². The van der Waals surface area contributed by atoms with Crippen molar-refractivity contribution < 1.29 is 4.74 Å². The highest BCUT2D eigenvalue weighted by Crippen LogP contribution is 2.18. The number of morpholine rings is 1. The van der Waals surface area contributed by atoms with Gasteiger partial charge in [-0.25, -0.2) is 4.98 Å². The van der Waals surface area contributed by atoms with E-state index in [0.717, 1.165) is 37.7 Å². The summed E-state index contributed by atoms with van der Waals surface area (Å²) in [4.78, 5) is 7.02. The predicted molar refractivity (Wildman–Crippen MR) is 73.8 cm³/mol. The third-order valence-electron chi connectivity index (χ3n) is 3.09. The highest BCUT2D eigenvalue weighted by Gasteiger charge is 2.23. The maximum atomic E-state index is 5.75. The molecular weight excluding hydrogens is 226 g/mol. The van der Waals surface area contributed by atoms with Crippen molar-refractivity contribution >= 4 is 5.82 Å². The third-order valence-corrected chi connectivity index (χ3v) is 3.09. The number of aromatic nitrogens is 1. The van der Waals surface area contributed by atoms with Crippen LogP contribution in [0.2, 0.25) is 0 Å². The summed E-state index contributed by atoms with van der Waals surface area (Å²) in [5.74, 6) is 1.06. The van der Waals surface area contributed by atoms with Crippen LogP contribution >= 0.6 is 0 Å². The van der Waals surface area contributed by atoms with Crippen molar-refractivity contribution in [1.29, 1.82) is 0 Å². The number of nitrogens with zero attached hydrogens (tertiary/aromatic N) is 2. The fourth-order valence-corrected chi connectivity index (χ4v) is 2.36. The molecule has 1 N–H and O–H groups in total. The van der Waals surface area contributed by atoms with Crippen LogP contribution in [0.4, 0.5) is 5.82 Å². The normalized spacial score (nSPS) is 24.3. The highest BCUT2D eigenvalue weighted by molar-refractivity contribution is 5.40. The van der Waals surface area contributed by atoms with Crippen LogP contribution in [0.25, 0.3) is 0 Å². The molecule has 0 amide bonds. The fourth-order valence-electron chi connectivity index (χ4n) is 2.36. The molecule has 1 aromatic rings. The lowest BCUT2D eigenvalue weighted by molar-refractivity contribution is -0.00546. The van der Waals surface area contributed by atoms with Crippen LogP contribution in [-0.2, 0) is 11.3 Å². The zero-order chi connectivity index (χ0) is 13.0. The van der Waals surface area contributed by atoms with Crippen molar-refractivity contribution in [3.8, 4) is 0 Å². The zero-order valence-corrected chi connectivity index (χ0v) is 11.5. The van der Waals surface area contributed by atoms with E-state index < -0.39 is 0 Å². The number of pyridine rings is 1. The van der Waals surface area contributed by atoms with Crippen LogP contribution < -0.4 is 10.2 Å². The maximum Gasteiger partial charge on any atom is 0.129 e. The summed E-state index contributed by atoms with van der Waals surface area (Å²) < 4.78 is 5.75. The molecule has 1 fully saturated rings. The average molecular weight is 249 g/mol. The van der Waals surface area contributed by atoms with Crippen LogP contribution in [0.1, 0.15) is 26.5 Å². The van der Waals surface area contributed by atoms with Crippen molar-refractivity contribution in [2.75, 3.05) is 24.5 Å². The molecule has 2 rings (SSSR count). The van der Waals surface area contributed by atoms with Gasteiger partial charge in [0.25, 0.3) is 0 Å². The quantitative estimate of drug-likeness (QED) is 0.883. The van der Waals surface area contributed by atoms with Gasteiger partial charge in [0.15, 0.2) is 0 Å². The third kappa shape index (κ3) is 3.43. The van der Waals surface area contributed by atoms with Crippen LogP contribution in [0, 0.1) is 0 Å². The van der Waals surface area contributed by atoms with Gasteiger partial charge in [-0.3, -0.25) is 0 Å². The first-order valence-corrected chi connectivity index (χ1v) is 6.76. The minimum Gasteiger partial charge on any atom is -0.372 e. The monoisotopic (exact) mass is 249 g/mol. The Balaban J connectivity index is 2.07. The average Bonchev–Trinajstić information content (AvgIpc) is 2.35. The molecule has 2 atom stereocenters. The molecule has 0 spiro atoms. The molecule has 18 heavy (non-hydrogen) atoms. The van der Waals surface area contributed by atoms with E-state index >= 15 is 0 Å². The van der Waals surface area contributed by atoms with Crippen molar-refractivity contribution in [2.45, 2.75) is 39.5 Å². The summed E-state index contributed by atoms with van der Waals surface area (Å²) >= 11 is 0. The number of ether oxygens (including phenoxy) is 1. The summed E-state index contributed by atoms with van der Waals surface area (Å²) in [6.07, 6.45) is 0.543. The van der Waals surface area contributed by atoms with Crippen molar-refractivity contribution in [3.63, 3.8) is 0 Å². The maximum absolute atomic E-state index is 5.75. The van der Waals surface area contributed by atoms with Crippen molar-refractivity contribution in [2.24, 2.45) is 0 Å². The molecule has 4 heteroatoms. The molecule has 0 aliphatic carbocycles. The van der Waals surface area contributed by atoms with Crippen LogP contribution in [0.15, 0.2) is 18.2 Å². The Labute approximate surface area is 109 Å². The fraction of sp³-hybridized carbons (Fsp3) is 0.643. The lowest BCUT2D eigenvalue weighted by Gasteiger charge is -2.36. The Kier molecular flexibility index (Phi) is 4.55. The number of nitrogens with one attached hydrogen (secondary N) is 1. The number of hydrogen-bond donors (Lipinski definition) is 1. The van der Waals surface area contributed by atoms with Gasteiger partial charge in [0.1, 0.15) is 5.82 Å². The summed E-state index contributed by atoms with van der Waals surface area (Å²) in [7, 11) is 0. The SMILES string of the molecule is CCNCc1cccc(N2CC(C)OC(C)C2)n1. The number of rotatable bonds is 4. The minimum atomic E-state index is 0.271. The van der Waals surface area contributed by atoms with E-state index in [4.69, 9.17) is 9.72 Å². The van der Waals surface area contributed by atoms with Crippen LogP contribution in [-0.4, -0.2) is 36.8 Å². The molecule has 2 heterocycles. The van der Waals surface area contributed by atoms with Gasteiger partial charge in [0.05, 0.1) is 17.9 Å². The summed E-state index contributed by atoms with van der Waals surface area (Å²) in [5, 5.41) is 3.31. The minimum absolute atomic E-state index is 0.271. The largest absolute Gasteiger partial charge is 0.372 e. The van der Waals surface area contributed by atoms with Crippen LogP contribution in [0.3, 0.4) is 0 Å². The van der Waals surface area contributed by atoms with E-state index in [2.05, 4.69) is 49.2 Å². The molecular formula is C14H23N3O. The highest BCUT2D eigenvalue weighted by atomic mass is 16.5. The summed E-state index contributed by atoms with van der Waals surface area (Å²) in [6.45, 7) is 9.98. The molecule has 100 valence electrons. The molecule has 1 aromatic heterocycles. The molecule has 4 nitrogen and oxygen atoms in total. The molecule has 1 aliphatic rings. The standard InChI is InChI=1S/C14H23N3O/c1-4-15-8-13-6-5-7-14(16-13)17-9-11(2)18-12(3)10-17/h5-7,11-12,15H,4,8-10H2,1-3H3. The van der Waals surface area contributed by atoms with Gasteiger partial charge in [0, 0.05) is 19.6 Å². The first-order valence-electron chi connectivity index (χ1n) is 6.76. The van der Waals surface area contributed by atoms with E-state index in [1.807, 2.05) is 0 Å². The predicted octanol–water partition coefficient (Wildman–Crippen LogP) is 1.80. The Morgan fingerprint density at radius 2 is 2.06 bits per heavy atom. The molecule has 0 aromatic carbocycles. The van der Waals surface area contributed by atoms with Gasteiger partial charge in [-0.05, 0) is 32.5 Å². The van der Waals surface area contributed by atoms with E-state index in [1.54, 1.807) is 0 Å². The lowest BCUT2D eigenvalue weighted by Crippen LogP contribution is -2.45. The van der Waals surface area contributed by atoms with E-state index in [-0.39, 0.29) is 12.2 Å². The summed E-state index contributed by atoms with van der Waals surface area (Å²) in [5.41, 5.74) is 1.10. The summed E-state index contributed by atoms with van der Waals surface area (Å²) in [6, 6.07) is 6.24. The molecule has 0 saturated carbocycles. The van der Waals surface area contributed by atoms with Gasteiger partial charge < -0.3 is 15.0 Å². The van der Waals surface area contributed by atoms with Gasteiger partial charge in [0.2, 0.25) is 0 Å². The second kappa shape index (κ2) is 6.16. The Hall–Kier alpha value is -1.13. The van der Waals surface area contributed by atoms with E-state index in [1.165, 1.54) is 0 Å². The first-order chi connectivity index (χ1) is 8.69. The van der Waals surface area contributed by atoms with E-state index in [9.17, 15) is 0 Å². The molecule has 1 saturated heterocycles. The van der Waals surface area contributed by atoms with Crippen molar-refractivity contribution in [1.82, 2.24) is 10.3 Å².